The van der Waals surface area contributed by atoms with Crippen LogP contribution in [0.2, 0.25) is 10.0 Å². The summed E-state index contributed by atoms with van der Waals surface area (Å²) in [5.74, 6) is -0.296. The summed E-state index contributed by atoms with van der Waals surface area (Å²) in [7, 11) is -4.01. The van der Waals surface area contributed by atoms with Crippen molar-refractivity contribution in [1.82, 2.24) is 4.31 Å². The number of carbonyl (C=O) groups excluding carboxylic acids is 1. The number of para-hydroxylation sites is 2. The Morgan fingerprint density at radius 2 is 1.70 bits per heavy atom. The Morgan fingerprint density at radius 1 is 1.10 bits per heavy atom. The SMILES string of the molecule is O=C(C[NH+]1CCN(S(=O)(=O)c2ccccc2[N+](=O)[O-])CC1)Nc1c(Cl)cccc1Cl. The Morgan fingerprint density at radius 3 is 2.30 bits per heavy atom. The number of quaternary nitrogens is 1. The van der Waals surface area contributed by atoms with Gasteiger partial charge in [-0.25, -0.2) is 8.42 Å². The minimum Gasteiger partial charge on any atom is -0.325 e. The van der Waals surface area contributed by atoms with Crippen LogP contribution in [0, 0.1) is 10.1 Å². The van der Waals surface area contributed by atoms with Gasteiger partial charge >= 0.3 is 0 Å². The van der Waals surface area contributed by atoms with Gasteiger partial charge in [0.05, 0.1) is 46.8 Å². The van der Waals surface area contributed by atoms with Crippen molar-refractivity contribution in [3.8, 4) is 0 Å². The number of benzene rings is 2. The van der Waals surface area contributed by atoms with E-state index >= 15 is 0 Å². The molecule has 160 valence electrons. The molecular weight excluding hydrogens is 455 g/mol. The summed E-state index contributed by atoms with van der Waals surface area (Å²) in [5, 5.41) is 14.5. The highest BCUT2D eigenvalue weighted by molar-refractivity contribution is 7.89. The highest BCUT2D eigenvalue weighted by Gasteiger charge is 2.35. The number of amides is 1. The first-order chi connectivity index (χ1) is 14.2. The molecule has 0 radical (unpaired) electrons. The van der Waals surface area contributed by atoms with Crippen LogP contribution in [0.5, 0.6) is 0 Å². The molecule has 30 heavy (non-hydrogen) atoms. The zero-order valence-corrected chi connectivity index (χ0v) is 18.0. The quantitative estimate of drug-likeness (QED) is 0.486. The van der Waals surface area contributed by atoms with Crippen molar-refractivity contribution < 1.29 is 23.0 Å². The second kappa shape index (κ2) is 9.27. The van der Waals surface area contributed by atoms with Crippen LogP contribution >= 0.6 is 23.2 Å². The fourth-order valence-corrected chi connectivity index (χ4v) is 5.30. The number of hydrogen-bond acceptors (Lipinski definition) is 5. The first-order valence-corrected chi connectivity index (χ1v) is 11.2. The molecule has 12 heteroatoms. The molecule has 9 nitrogen and oxygen atoms in total. The van der Waals surface area contributed by atoms with Gasteiger partial charge in [-0.2, -0.15) is 4.31 Å². The van der Waals surface area contributed by atoms with Crippen molar-refractivity contribution in [2.75, 3.05) is 38.0 Å². The summed E-state index contributed by atoms with van der Waals surface area (Å²) < 4.78 is 26.9. The third-order valence-corrected chi connectivity index (χ3v) is 7.32. The normalized spacial score (nSPS) is 15.7. The zero-order chi connectivity index (χ0) is 21.9. The number of nitrogens with zero attached hydrogens (tertiary/aromatic N) is 2. The third-order valence-electron chi connectivity index (χ3n) is 4.75. The lowest BCUT2D eigenvalue weighted by atomic mass is 10.3. The molecule has 3 rings (SSSR count). The molecule has 1 fully saturated rings. The number of hydrogen-bond donors (Lipinski definition) is 2. The van der Waals surface area contributed by atoms with Crippen molar-refractivity contribution >= 4 is 50.5 Å². The van der Waals surface area contributed by atoms with Crippen molar-refractivity contribution in [3.63, 3.8) is 0 Å². The van der Waals surface area contributed by atoms with E-state index in [1.54, 1.807) is 18.2 Å². The molecule has 0 bridgehead atoms. The number of nitro benzene ring substituents is 1. The molecule has 2 aromatic rings. The van der Waals surface area contributed by atoms with E-state index in [2.05, 4.69) is 5.32 Å². The van der Waals surface area contributed by atoms with Crippen molar-refractivity contribution in [1.29, 1.82) is 0 Å². The van der Waals surface area contributed by atoms with Crippen LogP contribution in [0.25, 0.3) is 0 Å². The van der Waals surface area contributed by atoms with Crippen LogP contribution in [-0.2, 0) is 14.8 Å². The van der Waals surface area contributed by atoms with Crippen LogP contribution in [0.3, 0.4) is 0 Å². The van der Waals surface area contributed by atoms with Gasteiger partial charge in [0.15, 0.2) is 11.4 Å². The predicted octanol–water partition coefficient (Wildman–Crippen LogP) is 1.43. The Labute approximate surface area is 183 Å². The molecule has 2 N–H and O–H groups in total. The number of rotatable bonds is 6. The number of sulfonamides is 1. The predicted molar refractivity (Wildman–Crippen MR) is 113 cm³/mol. The first kappa shape index (κ1) is 22.4. The van der Waals surface area contributed by atoms with E-state index in [-0.39, 0.29) is 30.4 Å². The van der Waals surface area contributed by atoms with Gasteiger partial charge in [-0.3, -0.25) is 14.9 Å². The average Bonchev–Trinajstić information content (AvgIpc) is 2.71. The van der Waals surface area contributed by atoms with E-state index in [9.17, 15) is 23.3 Å². The van der Waals surface area contributed by atoms with Crippen molar-refractivity contribution in [2.24, 2.45) is 0 Å². The smallest absolute Gasteiger partial charge is 0.289 e. The third kappa shape index (κ3) is 4.90. The van der Waals surface area contributed by atoms with Crippen LogP contribution in [-0.4, -0.2) is 56.3 Å². The monoisotopic (exact) mass is 473 g/mol. The van der Waals surface area contributed by atoms with Gasteiger partial charge in [-0.15, -0.1) is 0 Å². The van der Waals surface area contributed by atoms with Crippen LogP contribution in [0.15, 0.2) is 47.4 Å². The highest BCUT2D eigenvalue weighted by Crippen LogP contribution is 2.29. The molecule has 2 aromatic carbocycles. The molecule has 0 atom stereocenters. The number of carbonyl (C=O) groups is 1. The topological polar surface area (TPSA) is 114 Å². The lowest BCUT2D eigenvalue weighted by molar-refractivity contribution is -0.895. The summed E-state index contributed by atoms with van der Waals surface area (Å²) in [6.07, 6.45) is 0. The van der Waals surface area contributed by atoms with Crippen LogP contribution in [0.4, 0.5) is 11.4 Å². The summed E-state index contributed by atoms with van der Waals surface area (Å²) in [4.78, 5) is 23.4. The number of nitrogens with one attached hydrogen (secondary N) is 2. The van der Waals surface area contributed by atoms with Crippen molar-refractivity contribution in [2.45, 2.75) is 4.90 Å². The fourth-order valence-electron chi connectivity index (χ4n) is 3.21. The van der Waals surface area contributed by atoms with Crippen LogP contribution in [0.1, 0.15) is 0 Å². The number of anilines is 1. The largest absolute Gasteiger partial charge is 0.325 e. The molecule has 1 heterocycles. The Kier molecular flexibility index (Phi) is 6.94. The Hall–Kier alpha value is -2.24. The van der Waals surface area contributed by atoms with E-state index in [0.29, 0.717) is 28.8 Å². The molecule has 0 aliphatic carbocycles. The minimum atomic E-state index is -4.01. The highest BCUT2D eigenvalue weighted by atomic mass is 35.5. The molecule has 0 aromatic heterocycles. The maximum atomic E-state index is 12.9. The summed E-state index contributed by atoms with van der Waals surface area (Å²) in [5.41, 5.74) is -0.119. The van der Waals surface area contributed by atoms with Gasteiger partial charge in [0, 0.05) is 6.07 Å². The summed E-state index contributed by atoms with van der Waals surface area (Å²) in [6, 6.07) is 10.2. The molecule has 1 aliphatic rings. The van der Waals surface area contributed by atoms with Gasteiger partial charge in [-0.1, -0.05) is 41.4 Å². The molecule has 0 saturated carbocycles. The van der Waals surface area contributed by atoms with E-state index in [0.717, 1.165) is 4.90 Å². The summed E-state index contributed by atoms with van der Waals surface area (Å²) >= 11 is 12.1. The minimum absolute atomic E-state index is 0.112. The maximum absolute atomic E-state index is 12.9. The molecule has 1 saturated heterocycles. The Balaban J connectivity index is 1.62. The lowest BCUT2D eigenvalue weighted by Crippen LogP contribution is -3.15. The van der Waals surface area contributed by atoms with Gasteiger partial charge in [0.1, 0.15) is 0 Å². The number of piperazine rings is 1. The molecule has 1 aliphatic heterocycles. The fraction of sp³-hybridized carbons (Fsp3) is 0.278. The molecule has 0 unspecified atom stereocenters. The number of halogens is 2. The zero-order valence-electron chi connectivity index (χ0n) is 15.7. The maximum Gasteiger partial charge on any atom is 0.289 e. The van der Waals surface area contributed by atoms with E-state index in [1.807, 2.05) is 0 Å². The Bertz CT molecular complexity index is 1050. The van der Waals surface area contributed by atoms with Gasteiger partial charge in [0.2, 0.25) is 10.0 Å². The average molecular weight is 474 g/mol. The molecular formula is C18H19Cl2N4O5S+. The van der Waals surface area contributed by atoms with E-state index in [1.165, 1.54) is 28.6 Å². The number of nitro groups is 1. The second-order valence-corrected chi connectivity index (χ2v) is 9.42. The van der Waals surface area contributed by atoms with E-state index < -0.39 is 20.6 Å². The standard InChI is InChI=1S/C18H18Cl2N4O5S/c19-13-4-3-5-14(20)18(13)21-17(25)12-22-8-10-23(11-9-22)30(28,29)16-7-2-1-6-15(16)24(26)27/h1-7H,8-12H2,(H,21,25)/p+1. The molecule has 0 spiro atoms. The van der Waals surface area contributed by atoms with Crippen LogP contribution < -0.4 is 10.2 Å². The summed E-state index contributed by atoms with van der Waals surface area (Å²) in [6.45, 7) is 1.15. The van der Waals surface area contributed by atoms with Gasteiger partial charge in [-0.05, 0) is 18.2 Å². The van der Waals surface area contributed by atoms with Gasteiger partial charge in [0.25, 0.3) is 11.6 Å². The van der Waals surface area contributed by atoms with E-state index in [4.69, 9.17) is 23.2 Å². The van der Waals surface area contributed by atoms with Gasteiger partial charge < -0.3 is 10.2 Å². The second-order valence-electron chi connectivity index (χ2n) is 6.70. The first-order valence-electron chi connectivity index (χ1n) is 9.01. The lowest BCUT2D eigenvalue weighted by Gasteiger charge is -2.31. The molecule has 1 amide bonds. The van der Waals surface area contributed by atoms with Crippen molar-refractivity contribution in [3.05, 3.63) is 62.6 Å².